The van der Waals surface area contributed by atoms with Crippen LogP contribution in [0.25, 0.3) is 0 Å². The van der Waals surface area contributed by atoms with Crippen LogP contribution in [-0.2, 0) is 12.7 Å². The molecular weight excluding hydrogens is 542 g/mol. The topological polar surface area (TPSA) is 71.4 Å². The van der Waals surface area contributed by atoms with Gasteiger partial charge in [-0.15, -0.1) is 35.3 Å². The Hall–Kier alpha value is -1.34. The average Bonchev–Trinajstić information content (AvgIpc) is 3.10. The van der Waals surface area contributed by atoms with Gasteiger partial charge in [0.05, 0.1) is 24.3 Å². The van der Waals surface area contributed by atoms with Crippen LogP contribution in [0.4, 0.5) is 13.2 Å². The molecule has 2 aromatic heterocycles. The fourth-order valence-electron chi connectivity index (χ4n) is 2.06. The summed E-state index contributed by atoms with van der Waals surface area (Å²) in [6.07, 6.45) is -3.81. The Balaban J connectivity index is 0.00000420. The molecular formula is C17H22ClF3IN5OS. The standard InChI is InChI=1S/C17H21ClF3N5OS.HI/c1-10(2)13-9-28-14(26-13)8-25-16(22-3)23-4-5-27-15-12(18)6-11(7-24-15)17(19,20)21;/h6-7,9-10H,4-5,8H2,1-3H3,(H2,22,23,25);1H. The second-order valence-corrected chi connectivity index (χ2v) is 7.38. The normalized spacial score (nSPS) is 11.9. The Labute approximate surface area is 193 Å². The van der Waals surface area contributed by atoms with E-state index in [0.717, 1.165) is 16.8 Å². The number of pyridine rings is 1. The molecule has 0 bridgehead atoms. The van der Waals surface area contributed by atoms with Crippen molar-refractivity contribution in [2.45, 2.75) is 32.5 Å². The number of guanidine groups is 1. The van der Waals surface area contributed by atoms with Gasteiger partial charge in [-0.3, -0.25) is 4.99 Å². The van der Waals surface area contributed by atoms with Crippen LogP contribution >= 0.6 is 46.9 Å². The lowest BCUT2D eigenvalue weighted by Crippen LogP contribution is -2.38. The van der Waals surface area contributed by atoms with Crippen LogP contribution in [0.2, 0.25) is 5.02 Å². The van der Waals surface area contributed by atoms with Crippen LogP contribution in [0.15, 0.2) is 22.6 Å². The highest BCUT2D eigenvalue weighted by Gasteiger charge is 2.31. The summed E-state index contributed by atoms with van der Waals surface area (Å²) < 4.78 is 43.1. The van der Waals surface area contributed by atoms with Crippen LogP contribution in [0.1, 0.15) is 36.0 Å². The number of aromatic nitrogens is 2. The second kappa shape index (κ2) is 11.7. The van der Waals surface area contributed by atoms with E-state index in [1.165, 1.54) is 0 Å². The number of hydrogen-bond donors (Lipinski definition) is 2. The van der Waals surface area contributed by atoms with E-state index in [0.29, 0.717) is 31.2 Å². The third-order valence-corrected chi connectivity index (χ3v) is 4.70. The van der Waals surface area contributed by atoms with E-state index in [9.17, 15) is 13.2 Å². The maximum absolute atomic E-state index is 12.6. The van der Waals surface area contributed by atoms with E-state index < -0.39 is 11.7 Å². The minimum atomic E-state index is -4.50. The van der Waals surface area contributed by atoms with Crippen molar-refractivity contribution >= 4 is 52.9 Å². The lowest BCUT2D eigenvalue weighted by molar-refractivity contribution is -0.137. The number of ether oxygens (including phenoxy) is 1. The Morgan fingerprint density at radius 1 is 1.34 bits per heavy atom. The number of halogens is 5. The quantitative estimate of drug-likeness (QED) is 0.221. The molecule has 0 aliphatic heterocycles. The summed E-state index contributed by atoms with van der Waals surface area (Å²) in [6.45, 7) is 5.21. The zero-order valence-corrected chi connectivity index (χ0v) is 19.9. The Morgan fingerprint density at radius 3 is 2.62 bits per heavy atom. The lowest BCUT2D eigenvalue weighted by Gasteiger charge is -2.12. The molecule has 12 heteroatoms. The molecule has 29 heavy (non-hydrogen) atoms. The fourth-order valence-corrected chi connectivity index (χ4v) is 3.17. The zero-order chi connectivity index (χ0) is 20.7. The van der Waals surface area contributed by atoms with Crippen molar-refractivity contribution in [2.24, 2.45) is 4.99 Å². The van der Waals surface area contributed by atoms with E-state index >= 15 is 0 Å². The molecule has 0 saturated carbocycles. The van der Waals surface area contributed by atoms with E-state index in [1.54, 1.807) is 18.4 Å². The van der Waals surface area contributed by atoms with Gasteiger partial charge in [0.25, 0.3) is 0 Å². The summed E-state index contributed by atoms with van der Waals surface area (Å²) in [6, 6.07) is 0.789. The summed E-state index contributed by atoms with van der Waals surface area (Å²) in [5.41, 5.74) is 0.134. The summed E-state index contributed by atoms with van der Waals surface area (Å²) in [7, 11) is 1.63. The number of thiazole rings is 1. The maximum atomic E-state index is 12.6. The first kappa shape index (κ1) is 25.7. The van der Waals surface area contributed by atoms with Crippen molar-refractivity contribution in [3.05, 3.63) is 38.9 Å². The van der Waals surface area contributed by atoms with Gasteiger partial charge in [0, 0.05) is 18.6 Å². The summed E-state index contributed by atoms with van der Waals surface area (Å²) >= 11 is 7.37. The molecule has 2 N–H and O–H groups in total. The molecule has 0 radical (unpaired) electrons. The molecule has 0 aromatic carbocycles. The fraction of sp³-hybridized carbons (Fsp3) is 0.471. The number of nitrogens with zero attached hydrogens (tertiary/aromatic N) is 3. The maximum Gasteiger partial charge on any atom is 0.417 e. The van der Waals surface area contributed by atoms with Crippen molar-refractivity contribution in [2.75, 3.05) is 20.2 Å². The number of hydrogen-bond acceptors (Lipinski definition) is 5. The van der Waals surface area contributed by atoms with Gasteiger partial charge in [-0.1, -0.05) is 25.4 Å². The average molecular weight is 564 g/mol. The molecule has 2 heterocycles. The van der Waals surface area contributed by atoms with E-state index in [2.05, 4.69) is 39.4 Å². The molecule has 0 amide bonds. The highest BCUT2D eigenvalue weighted by molar-refractivity contribution is 14.0. The van der Waals surface area contributed by atoms with Gasteiger partial charge in [0.2, 0.25) is 5.88 Å². The van der Waals surface area contributed by atoms with Crippen LogP contribution in [0.5, 0.6) is 5.88 Å². The van der Waals surface area contributed by atoms with Crippen LogP contribution < -0.4 is 15.4 Å². The smallest absolute Gasteiger partial charge is 0.417 e. The number of aliphatic imine (C=N–C) groups is 1. The first-order chi connectivity index (χ1) is 13.2. The van der Waals surface area contributed by atoms with Crippen molar-refractivity contribution in [3.8, 4) is 5.88 Å². The van der Waals surface area contributed by atoms with Gasteiger partial charge in [-0.05, 0) is 12.0 Å². The summed E-state index contributed by atoms with van der Waals surface area (Å²) in [5, 5.41) is 8.96. The summed E-state index contributed by atoms with van der Waals surface area (Å²) in [4.78, 5) is 12.2. The molecule has 6 nitrogen and oxygen atoms in total. The molecule has 2 aromatic rings. The minimum Gasteiger partial charge on any atom is -0.475 e. The molecule has 0 saturated heterocycles. The lowest BCUT2D eigenvalue weighted by atomic mass is 10.2. The highest BCUT2D eigenvalue weighted by atomic mass is 127. The first-order valence-corrected chi connectivity index (χ1v) is 9.70. The molecule has 0 unspecified atom stereocenters. The first-order valence-electron chi connectivity index (χ1n) is 8.45. The highest BCUT2D eigenvalue weighted by Crippen LogP contribution is 2.33. The summed E-state index contributed by atoms with van der Waals surface area (Å²) in [5.74, 6) is 0.880. The number of alkyl halides is 3. The molecule has 0 spiro atoms. The molecule has 162 valence electrons. The third kappa shape index (κ3) is 8.13. The predicted molar refractivity (Wildman–Crippen MR) is 120 cm³/mol. The van der Waals surface area contributed by atoms with Gasteiger partial charge in [0.15, 0.2) is 5.96 Å². The van der Waals surface area contributed by atoms with Crippen LogP contribution in [0.3, 0.4) is 0 Å². The van der Waals surface area contributed by atoms with Gasteiger partial charge >= 0.3 is 6.18 Å². The molecule has 0 aliphatic carbocycles. The molecule has 0 atom stereocenters. The minimum absolute atomic E-state index is 0. The monoisotopic (exact) mass is 563 g/mol. The Kier molecular flexibility index (Phi) is 10.4. The molecule has 2 rings (SSSR count). The Morgan fingerprint density at radius 2 is 2.07 bits per heavy atom. The number of nitrogens with one attached hydrogen (secondary N) is 2. The zero-order valence-electron chi connectivity index (χ0n) is 16.0. The van der Waals surface area contributed by atoms with Crippen molar-refractivity contribution in [1.29, 1.82) is 0 Å². The third-order valence-electron chi connectivity index (χ3n) is 3.56. The van der Waals surface area contributed by atoms with Gasteiger partial charge in [-0.2, -0.15) is 13.2 Å². The Bertz CT molecular complexity index is 817. The second-order valence-electron chi connectivity index (χ2n) is 6.03. The van der Waals surface area contributed by atoms with Crippen molar-refractivity contribution in [1.82, 2.24) is 20.6 Å². The van der Waals surface area contributed by atoms with Crippen molar-refractivity contribution < 1.29 is 17.9 Å². The predicted octanol–water partition coefficient (Wildman–Crippen LogP) is 4.70. The molecule has 0 aliphatic rings. The van der Waals surface area contributed by atoms with E-state index in [4.69, 9.17) is 16.3 Å². The van der Waals surface area contributed by atoms with Gasteiger partial charge in [0.1, 0.15) is 16.6 Å². The van der Waals surface area contributed by atoms with Gasteiger partial charge in [-0.25, -0.2) is 9.97 Å². The number of rotatable bonds is 7. The van der Waals surface area contributed by atoms with Crippen LogP contribution in [0, 0.1) is 0 Å². The molecule has 0 fully saturated rings. The van der Waals surface area contributed by atoms with E-state index in [-0.39, 0.29) is 41.5 Å². The van der Waals surface area contributed by atoms with Gasteiger partial charge < -0.3 is 15.4 Å². The largest absolute Gasteiger partial charge is 0.475 e. The van der Waals surface area contributed by atoms with E-state index in [1.807, 2.05) is 5.38 Å². The SMILES string of the molecule is CN=C(NCCOc1ncc(C(F)(F)F)cc1Cl)NCc1nc(C(C)C)cs1.I. The van der Waals surface area contributed by atoms with Crippen LogP contribution in [-0.4, -0.2) is 36.1 Å². The van der Waals surface area contributed by atoms with Crippen molar-refractivity contribution in [3.63, 3.8) is 0 Å².